The van der Waals surface area contributed by atoms with Gasteiger partial charge in [0.25, 0.3) is 0 Å². The minimum Gasteiger partial charge on any atom is -0.350 e. The second-order valence-electron chi connectivity index (χ2n) is 4.93. The maximum absolute atomic E-state index is 5.98. The molecule has 1 heterocycles. The van der Waals surface area contributed by atoms with Crippen LogP contribution in [-0.2, 0) is 0 Å². The molecule has 0 N–H and O–H groups in total. The Morgan fingerprint density at radius 1 is 0.947 bits per heavy atom. The Morgan fingerprint density at radius 2 is 1.63 bits per heavy atom. The molecular weight excluding hydrogens is 256 g/mol. The molecule has 1 aliphatic heterocycles. The molecule has 1 aliphatic rings. The van der Waals surface area contributed by atoms with Crippen LogP contribution in [0.2, 0.25) is 5.02 Å². The van der Waals surface area contributed by atoms with E-state index < -0.39 is 0 Å². The highest BCUT2D eigenvalue weighted by Crippen LogP contribution is 2.33. The molecule has 1 atom stereocenters. The first-order valence-corrected chi connectivity index (χ1v) is 6.91. The lowest BCUT2D eigenvalue weighted by Gasteiger charge is -2.30. The van der Waals surface area contributed by atoms with Crippen LogP contribution in [0, 0.1) is 0 Å². The lowest BCUT2D eigenvalue weighted by Crippen LogP contribution is -2.28. The predicted molar refractivity (Wildman–Crippen MR) is 80.6 cm³/mol. The first kappa shape index (κ1) is 12.5. The molecule has 0 amide bonds. The van der Waals surface area contributed by atoms with Gasteiger partial charge in [-0.15, -0.1) is 0 Å². The van der Waals surface area contributed by atoms with E-state index in [1.54, 1.807) is 0 Å². The number of hydrogen-bond acceptors (Lipinski definition) is 2. The van der Waals surface area contributed by atoms with Crippen molar-refractivity contribution in [3.63, 3.8) is 0 Å². The summed E-state index contributed by atoms with van der Waals surface area (Å²) < 4.78 is 0. The Bertz CT molecular complexity index is 538. The molecular formula is C16H17ClN2. The van der Waals surface area contributed by atoms with Gasteiger partial charge >= 0.3 is 0 Å². The van der Waals surface area contributed by atoms with Crippen LogP contribution in [0.4, 0.5) is 5.69 Å². The Morgan fingerprint density at radius 3 is 2.32 bits per heavy atom. The molecule has 0 radical (unpaired) electrons. The number of likely N-dealkylation sites (N-methyl/N-ethyl adjacent to an activating group) is 1. The standard InChI is InChI=1S/C16H17ClN2/c1-18-11-12-19(15-5-3-2-4-6-15)16(18)13-7-9-14(17)10-8-13/h2-10,16H,11-12H2,1H3. The van der Waals surface area contributed by atoms with Crippen molar-refractivity contribution in [3.05, 3.63) is 65.2 Å². The van der Waals surface area contributed by atoms with Crippen molar-refractivity contribution in [2.24, 2.45) is 0 Å². The molecule has 2 nitrogen and oxygen atoms in total. The normalized spacial score (nSPS) is 19.9. The van der Waals surface area contributed by atoms with Crippen molar-refractivity contribution in [1.29, 1.82) is 0 Å². The van der Waals surface area contributed by atoms with E-state index in [-0.39, 0.29) is 0 Å². The van der Waals surface area contributed by atoms with Crippen molar-refractivity contribution in [2.45, 2.75) is 6.17 Å². The average Bonchev–Trinajstić information content (AvgIpc) is 2.83. The van der Waals surface area contributed by atoms with Gasteiger partial charge in [-0.1, -0.05) is 41.9 Å². The lowest BCUT2D eigenvalue weighted by atomic mass is 10.1. The van der Waals surface area contributed by atoms with Gasteiger partial charge in [-0.05, 0) is 36.9 Å². The SMILES string of the molecule is CN1CCN(c2ccccc2)C1c1ccc(Cl)cc1. The minimum atomic E-state index is 0.291. The molecule has 0 saturated carbocycles. The molecule has 19 heavy (non-hydrogen) atoms. The van der Waals surface area contributed by atoms with Crippen LogP contribution in [0.15, 0.2) is 54.6 Å². The number of nitrogens with zero attached hydrogens (tertiary/aromatic N) is 2. The summed E-state index contributed by atoms with van der Waals surface area (Å²) in [5, 5.41) is 0.788. The third-order valence-electron chi connectivity index (χ3n) is 3.66. The largest absolute Gasteiger partial charge is 0.350 e. The van der Waals surface area contributed by atoms with E-state index in [0.29, 0.717) is 6.17 Å². The second kappa shape index (κ2) is 5.24. The van der Waals surface area contributed by atoms with Gasteiger partial charge in [0.1, 0.15) is 6.17 Å². The average molecular weight is 273 g/mol. The smallest absolute Gasteiger partial charge is 0.108 e. The molecule has 0 aromatic heterocycles. The van der Waals surface area contributed by atoms with Crippen LogP contribution in [0.25, 0.3) is 0 Å². The van der Waals surface area contributed by atoms with Crippen molar-refractivity contribution in [2.75, 3.05) is 25.0 Å². The molecule has 3 heteroatoms. The molecule has 98 valence electrons. The van der Waals surface area contributed by atoms with E-state index in [9.17, 15) is 0 Å². The first-order valence-electron chi connectivity index (χ1n) is 6.53. The van der Waals surface area contributed by atoms with Crippen molar-refractivity contribution >= 4 is 17.3 Å². The number of hydrogen-bond donors (Lipinski definition) is 0. The monoisotopic (exact) mass is 272 g/mol. The van der Waals surface area contributed by atoms with Crippen LogP contribution < -0.4 is 4.90 Å². The molecule has 0 bridgehead atoms. The fourth-order valence-electron chi connectivity index (χ4n) is 2.71. The van der Waals surface area contributed by atoms with Gasteiger partial charge in [0, 0.05) is 23.8 Å². The molecule has 1 fully saturated rings. The maximum atomic E-state index is 5.98. The molecule has 2 aromatic rings. The Labute approximate surface area is 119 Å². The summed E-state index contributed by atoms with van der Waals surface area (Å²) in [7, 11) is 2.17. The van der Waals surface area contributed by atoms with Gasteiger partial charge in [0.15, 0.2) is 0 Å². The van der Waals surface area contributed by atoms with Gasteiger partial charge in [-0.25, -0.2) is 0 Å². The van der Waals surface area contributed by atoms with Gasteiger partial charge in [0.05, 0.1) is 0 Å². The fraction of sp³-hybridized carbons (Fsp3) is 0.250. The zero-order chi connectivity index (χ0) is 13.2. The summed E-state index contributed by atoms with van der Waals surface area (Å²) in [5.41, 5.74) is 2.56. The van der Waals surface area contributed by atoms with E-state index in [0.717, 1.165) is 18.1 Å². The Balaban J connectivity index is 1.95. The van der Waals surface area contributed by atoms with E-state index in [1.165, 1.54) is 11.3 Å². The zero-order valence-electron chi connectivity index (χ0n) is 11.0. The minimum absolute atomic E-state index is 0.291. The highest BCUT2D eigenvalue weighted by Gasteiger charge is 2.30. The molecule has 1 unspecified atom stereocenters. The summed E-state index contributed by atoms with van der Waals surface area (Å²) in [6, 6.07) is 18.7. The van der Waals surface area contributed by atoms with E-state index in [1.807, 2.05) is 12.1 Å². The molecule has 0 spiro atoms. The van der Waals surface area contributed by atoms with Crippen LogP contribution in [0.5, 0.6) is 0 Å². The maximum Gasteiger partial charge on any atom is 0.108 e. The van der Waals surface area contributed by atoms with Gasteiger partial charge in [-0.2, -0.15) is 0 Å². The number of para-hydroxylation sites is 1. The zero-order valence-corrected chi connectivity index (χ0v) is 11.7. The summed E-state index contributed by atoms with van der Waals surface area (Å²) in [6.45, 7) is 2.12. The topological polar surface area (TPSA) is 6.48 Å². The summed E-state index contributed by atoms with van der Waals surface area (Å²) >= 11 is 5.98. The van der Waals surface area contributed by atoms with Gasteiger partial charge in [0.2, 0.25) is 0 Å². The molecule has 1 saturated heterocycles. The van der Waals surface area contributed by atoms with Crippen molar-refractivity contribution < 1.29 is 0 Å². The summed E-state index contributed by atoms with van der Waals surface area (Å²) in [6.07, 6.45) is 0.291. The summed E-state index contributed by atoms with van der Waals surface area (Å²) in [5.74, 6) is 0. The number of benzene rings is 2. The Kier molecular flexibility index (Phi) is 3.45. The van der Waals surface area contributed by atoms with E-state index in [2.05, 4.69) is 59.3 Å². The second-order valence-corrected chi connectivity index (χ2v) is 5.37. The highest BCUT2D eigenvalue weighted by atomic mass is 35.5. The molecule has 0 aliphatic carbocycles. The fourth-order valence-corrected chi connectivity index (χ4v) is 2.83. The van der Waals surface area contributed by atoms with Crippen LogP contribution in [0.1, 0.15) is 11.7 Å². The van der Waals surface area contributed by atoms with Crippen LogP contribution in [-0.4, -0.2) is 25.0 Å². The van der Waals surface area contributed by atoms with Crippen LogP contribution >= 0.6 is 11.6 Å². The van der Waals surface area contributed by atoms with E-state index in [4.69, 9.17) is 11.6 Å². The molecule has 2 aromatic carbocycles. The molecule has 3 rings (SSSR count). The third-order valence-corrected chi connectivity index (χ3v) is 3.91. The number of halogens is 1. The van der Waals surface area contributed by atoms with E-state index >= 15 is 0 Å². The van der Waals surface area contributed by atoms with Crippen molar-refractivity contribution in [3.8, 4) is 0 Å². The van der Waals surface area contributed by atoms with Gasteiger partial charge < -0.3 is 4.90 Å². The van der Waals surface area contributed by atoms with Crippen molar-refractivity contribution in [1.82, 2.24) is 4.90 Å². The lowest BCUT2D eigenvalue weighted by molar-refractivity contribution is 0.318. The number of rotatable bonds is 2. The predicted octanol–water partition coefficient (Wildman–Crippen LogP) is 3.79. The Hall–Kier alpha value is -1.51. The quantitative estimate of drug-likeness (QED) is 0.821. The summed E-state index contributed by atoms with van der Waals surface area (Å²) in [4.78, 5) is 4.81. The highest BCUT2D eigenvalue weighted by molar-refractivity contribution is 6.30. The third kappa shape index (κ3) is 2.46. The first-order chi connectivity index (χ1) is 9.25. The van der Waals surface area contributed by atoms with Crippen LogP contribution in [0.3, 0.4) is 0 Å². The number of anilines is 1. The van der Waals surface area contributed by atoms with Gasteiger partial charge in [-0.3, -0.25) is 4.90 Å².